The van der Waals surface area contributed by atoms with Crippen molar-refractivity contribution in [3.05, 3.63) is 21.4 Å². The van der Waals surface area contributed by atoms with Gasteiger partial charge in [0.2, 0.25) is 0 Å². The van der Waals surface area contributed by atoms with Crippen molar-refractivity contribution in [2.75, 3.05) is 12.8 Å². The zero-order chi connectivity index (χ0) is 15.3. The Bertz CT molecular complexity index is 497. The summed E-state index contributed by atoms with van der Waals surface area (Å²) in [7, 11) is 2.10. The molecule has 2 aliphatic rings. The van der Waals surface area contributed by atoms with Crippen LogP contribution in [0.5, 0.6) is 0 Å². The van der Waals surface area contributed by atoms with Gasteiger partial charge in [0.25, 0.3) is 0 Å². The summed E-state index contributed by atoms with van der Waals surface area (Å²) < 4.78 is 6.32. The molecule has 1 saturated heterocycles. The zero-order valence-corrected chi connectivity index (χ0v) is 15.4. The summed E-state index contributed by atoms with van der Waals surface area (Å²) in [6.45, 7) is 8.94. The first-order chi connectivity index (χ1) is 9.82. The van der Waals surface area contributed by atoms with E-state index in [0.717, 1.165) is 6.42 Å². The maximum Gasteiger partial charge on any atom is 0.0681 e. The lowest BCUT2D eigenvalue weighted by Crippen LogP contribution is -2.36. The fourth-order valence-corrected chi connectivity index (χ4v) is 6.54. The summed E-state index contributed by atoms with van der Waals surface area (Å²) in [5, 5.41) is 3.59. The van der Waals surface area contributed by atoms with Gasteiger partial charge in [0.1, 0.15) is 0 Å². The lowest BCUT2D eigenvalue weighted by molar-refractivity contribution is -0.0775. The SMILES string of the molecule is CNC(c1cc2c(s1)CCSC2)C1CC(C)(C)OC1(C)C. The second-order valence-corrected chi connectivity index (χ2v) is 9.72. The van der Waals surface area contributed by atoms with E-state index < -0.39 is 0 Å². The minimum absolute atomic E-state index is 0.0179. The van der Waals surface area contributed by atoms with Gasteiger partial charge in [-0.05, 0) is 65.0 Å². The third-order valence-corrected chi connectivity index (χ3v) is 7.14. The molecule has 21 heavy (non-hydrogen) atoms. The Hall–Kier alpha value is -0.0300. The molecule has 0 radical (unpaired) electrons. The van der Waals surface area contributed by atoms with Gasteiger partial charge in [0.15, 0.2) is 0 Å². The Labute approximate surface area is 137 Å². The van der Waals surface area contributed by atoms with Crippen molar-refractivity contribution in [2.24, 2.45) is 5.92 Å². The van der Waals surface area contributed by atoms with Crippen LogP contribution in [0.1, 0.15) is 55.5 Å². The Kier molecular flexibility index (Phi) is 4.19. The molecule has 0 spiro atoms. The molecule has 2 aliphatic heterocycles. The predicted molar refractivity (Wildman–Crippen MR) is 93.3 cm³/mol. The first-order valence-electron chi connectivity index (χ1n) is 7.89. The molecule has 2 unspecified atom stereocenters. The van der Waals surface area contributed by atoms with Crippen molar-refractivity contribution < 1.29 is 4.74 Å². The molecule has 3 rings (SSSR count). The van der Waals surface area contributed by atoms with Crippen molar-refractivity contribution in [2.45, 2.75) is 63.5 Å². The average molecular weight is 326 g/mol. The molecule has 0 saturated carbocycles. The second-order valence-electron chi connectivity index (χ2n) is 7.44. The average Bonchev–Trinajstić information content (AvgIpc) is 2.88. The van der Waals surface area contributed by atoms with Gasteiger partial charge in [0.05, 0.1) is 11.2 Å². The predicted octanol–water partition coefficient (Wildman–Crippen LogP) is 4.39. The van der Waals surface area contributed by atoms with Gasteiger partial charge in [-0.25, -0.2) is 0 Å². The number of hydrogen-bond acceptors (Lipinski definition) is 4. The summed E-state index contributed by atoms with van der Waals surface area (Å²) in [6, 6.07) is 2.86. The van der Waals surface area contributed by atoms with Gasteiger partial charge in [-0.2, -0.15) is 11.8 Å². The number of aryl methyl sites for hydroxylation is 1. The molecule has 4 heteroatoms. The fraction of sp³-hybridized carbons (Fsp3) is 0.765. The molecule has 1 aromatic rings. The number of thioether (sulfide) groups is 1. The van der Waals surface area contributed by atoms with E-state index in [1.54, 1.807) is 10.4 Å². The molecule has 0 bridgehead atoms. The van der Waals surface area contributed by atoms with E-state index >= 15 is 0 Å². The third kappa shape index (κ3) is 3.05. The van der Waals surface area contributed by atoms with E-state index in [0.29, 0.717) is 12.0 Å². The highest BCUT2D eigenvalue weighted by Crippen LogP contribution is 2.49. The number of rotatable bonds is 3. The molecule has 1 fully saturated rings. The molecule has 2 nitrogen and oxygen atoms in total. The van der Waals surface area contributed by atoms with Crippen molar-refractivity contribution in [3.8, 4) is 0 Å². The van der Waals surface area contributed by atoms with Crippen LogP contribution in [0.2, 0.25) is 0 Å². The van der Waals surface area contributed by atoms with Gasteiger partial charge in [-0.15, -0.1) is 11.3 Å². The molecular formula is C17H27NOS2. The minimum Gasteiger partial charge on any atom is -0.369 e. The normalized spacial score (nSPS) is 28.3. The minimum atomic E-state index is -0.0730. The highest BCUT2D eigenvalue weighted by atomic mass is 32.2. The van der Waals surface area contributed by atoms with Crippen LogP contribution in [0, 0.1) is 5.92 Å². The Morgan fingerprint density at radius 3 is 2.67 bits per heavy atom. The highest BCUT2D eigenvalue weighted by molar-refractivity contribution is 7.98. The lowest BCUT2D eigenvalue weighted by Gasteiger charge is -2.32. The summed E-state index contributed by atoms with van der Waals surface area (Å²) in [5.41, 5.74) is 1.48. The number of fused-ring (bicyclic) bond motifs is 1. The standard InChI is InChI=1S/C17H27NOS2/c1-16(2)9-12(17(3,4)19-16)15(18-5)14-8-11-10-20-7-6-13(11)21-14/h8,12,15,18H,6-7,9-10H2,1-5H3. The van der Waals surface area contributed by atoms with Crippen LogP contribution in [0.4, 0.5) is 0 Å². The Balaban J connectivity index is 1.90. The van der Waals surface area contributed by atoms with E-state index in [9.17, 15) is 0 Å². The van der Waals surface area contributed by atoms with E-state index in [-0.39, 0.29) is 11.2 Å². The number of thiophene rings is 1. The topological polar surface area (TPSA) is 21.3 Å². The second kappa shape index (κ2) is 5.55. The van der Waals surface area contributed by atoms with Crippen molar-refractivity contribution in [3.63, 3.8) is 0 Å². The number of hydrogen-bond donors (Lipinski definition) is 1. The molecular weight excluding hydrogens is 298 g/mol. The van der Waals surface area contributed by atoms with Gasteiger partial charge in [0, 0.05) is 27.5 Å². The van der Waals surface area contributed by atoms with Crippen molar-refractivity contribution in [1.29, 1.82) is 0 Å². The summed E-state index contributed by atoms with van der Waals surface area (Å²) in [4.78, 5) is 3.12. The molecule has 1 aromatic heterocycles. The van der Waals surface area contributed by atoms with Crippen LogP contribution in [-0.2, 0) is 16.9 Å². The summed E-state index contributed by atoms with van der Waals surface area (Å²) in [5.74, 6) is 2.99. The highest BCUT2D eigenvalue weighted by Gasteiger charge is 2.49. The molecule has 0 aliphatic carbocycles. The van der Waals surface area contributed by atoms with Crippen LogP contribution in [-0.4, -0.2) is 24.0 Å². The number of nitrogens with one attached hydrogen (secondary N) is 1. The van der Waals surface area contributed by atoms with Gasteiger partial charge in [-0.1, -0.05) is 0 Å². The lowest BCUT2D eigenvalue weighted by atomic mass is 9.81. The van der Waals surface area contributed by atoms with Crippen molar-refractivity contribution in [1.82, 2.24) is 5.32 Å². The van der Waals surface area contributed by atoms with Crippen molar-refractivity contribution >= 4 is 23.1 Å². The Morgan fingerprint density at radius 2 is 2.10 bits per heavy atom. The van der Waals surface area contributed by atoms with E-state index in [1.165, 1.54) is 22.8 Å². The van der Waals surface area contributed by atoms with Gasteiger partial charge < -0.3 is 10.1 Å². The molecule has 2 atom stereocenters. The quantitative estimate of drug-likeness (QED) is 0.890. The summed E-state index contributed by atoms with van der Waals surface area (Å²) in [6.07, 6.45) is 2.36. The third-order valence-electron chi connectivity index (χ3n) is 4.81. The summed E-state index contributed by atoms with van der Waals surface area (Å²) >= 11 is 4.09. The molecule has 118 valence electrons. The maximum absolute atomic E-state index is 6.32. The van der Waals surface area contributed by atoms with E-state index in [4.69, 9.17) is 4.74 Å². The van der Waals surface area contributed by atoms with Crippen LogP contribution in [0.25, 0.3) is 0 Å². The monoisotopic (exact) mass is 325 g/mol. The van der Waals surface area contributed by atoms with Crippen LogP contribution in [0.3, 0.4) is 0 Å². The largest absolute Gasteiger partial charge is 0.369 e. The fourth-order valence-electron chi connectivity index (χ4n) is 3.99. The molecule has 3 heterocycles. The smallest absolute Gasteiger partial charge is 0.0681 e. The molecule has 0 amide bonds. The van der Waals surface area contributed by atoms with Crippen LogP contribution in [0.15, 0.2) is 6.07 Å². The van der Waals surface area contributed by atoms with Gasteiger partial charge in [-0.3, -0.25) is 0 Å². The molecule has 1 N–H and O–H groups in total. The number of ether oxygens (including phenoxy) is 1. The maximum atomic E-state index is 6.32. The first kappa shape index (κ1) is 15.9. The molecule has 0 aromatic carbocycles. The van der Waals surface area contributed by atoms with Gasteiger partial charge >= 0.3 is 0 Å². The Morgan fingerprint density at radius 1 is 1.33 bits per heavy atom. The van der Waals surface area contributed by atoms with Crippen LogP contribution >= 0.6 is 23.1 Å². The zero-order valence-electron chi connectivity index (χ0n) is 13.8. The van der Waals surface area contributed by atoms with E-state index in [2.05, 4.69) is 57.9 Å². The first-order valence-corrected chi connectivity index (χ1v) is 9.86. The van der Waals surface area contributed by atoms with Crippen LogP contribution < -0.4 is 5.32 Å². The van der Waals surface area contributed by atoms with E-state index in [1.807, 2.05) is 11.3 Å².